The minimum atomic E-state index is -0.122. The number of nitrogens with one attached hydrogen (secondary N) is 1. The van der Waals surface area contributed by atoms with Gasteiger partial charge in [-0.2, -0.15) is 0 Å². The van der Waals surface area contributed by atoms with Gasteiger partial charge in [0.15, 0.2) is 0 Å². The van der Waals surface area contributed by atoms with Crippen molar-refractivity contribution in [3.05, 3.63) is 54.1 Å². The largest absolute Gasteiger partial charge is 0.497 e. The van der Waals surface area contributed by atoms with E-state index in [0.717, 1.165) is 23.5 Å². The maximum atomic E-state index is 12.2. The van der Waals surface area contributed by atoms with E-state index < -0.39 is 0 Å². The van der Waals surface area contributed by atoms with Gasteiger partial charge in [-0.25, -0.2) is 0 Å². The summed E-state index contributed by atoms with van der Waals surface area (Å²) in [7, 11) is 5.72. The monoisotopic (exact) mass is 372 g/mol. The van der Waals surface area contributed by atoms with Crippen molar-refractivity contribution in [2.24, 2.45) is 0 Å². The van der Waals surface area contributed by atoms with Gasteiger partial charge in [0.1, 0.15) is 5.75 Å². The molecule has 1 N–H and O–H groups in total. The Bertz CT molecular complexity index is 684. The van der Waals surface area contributed by atoms with Crippen LogP contribution in [0.1, 0.15) is 18.9 Å². The molecule has 0 heterocycles. The number of methoxy groups -OCH3 is 1. The minimum Gasteiger partial charge on any atom is -0.497 e. The standard InChI is InChI=1S/C21H28N2O2S/c1-16(26-20-13-11-19(25-4)12-14-20)21(24)22-15-5-6-17-7-9-18(10-8-17)23(2)3/h7-14,16H,5-6,15H2,1-4H3,(H,22,24). The second-order valence-electron chi connectivity index (χ2n) is 6.39. The zero-order valence-corrected chi connectivity index (χ0v) is 16.8. The smallest absolute Gasteiger partial charge is 0.233 e. The Morgan fingerprint density at radius 2 is 1.77 bits per heavy atom. The van der Waals surface area contributed by atoms with E-state index in [0.29, 0.717) is 6.54 Å². The fraction of sp³-hybridized carbons (Fsp3) is 0.381. The zero-order chi connectivity index (χ0) is 18.9. The van der Waals surface area contributed by atoms with Gasteiger partial charge in [0.2, 0.25) is 5.91 Å². The summed E-state index contributed by atoms with van der Waals surface area (Å²) < 4.78 is 5.15. The Kier molecular flexibility index (Phi) is 7.85. The molecule has 0 aliphatic rings. The van der Waals surface area contributed by atoms with Gasteiger partial charge in [0.05, 0.1) is 12.4 Å². The van der Waals surface area contributed by atoms with E-state index in [4.69, 9.17) is 4.74 Å². The van der Waals surface area contributed by atoms with Crippen molar-refractivity contribution in [2.45, 2.75) is 29.9 Å². The number of carbonyl (C=O) groups is 1. The van der Waals surface area contributed by atoms with Crippen LogP contribution in [-0.2, 0) is 11.2 Å². The third kappa shape index (κ3) is 6.30. The van der Waals surface area contributed by atoms with Gasteiger partial charge in [-0.15, -0.1) is 11.8 Å². The van der Waals surface area contributed by atoms with Crippen LogP contribution in [-0.4, -0.2) is 38.9 Å². The highest BCUT2D eigenvalue weighted by Crippen LogP contribution is 2.25. The number of ether oxygens (including phenoxy) is 1. The molecule has 26 heavy (non-hydrogen) atoms. The number of nitrogens with zero attached hydrogens (tertiary/aromatic N) is 1. The summed E-state index contributed by atoms with van der Waals surface area (Å²) in [5.74, 6) is 0.902. The fourth-order valence-electron chi connectivity index (χ4n) is 2.52. The van der Waals surface area contributed by atoms with E-state index in [2.05, 4.69) is 34.5 Å². The van der Waals surface area contributed by atoms with Gasteiger partial charge in [0.25, 0.3) is 0 Å². The van der Waals surface area contributed by atoms with Gasteiger partial charge in [-0.1, -0.05) is 12.1 Å². The van der Waals surface area contributed by atoms with Crippen molar-refractivity contribution < 1.29 is 9.53 Å². The Balaban J connectivity index is 1.70. The molecule has 0 aliphatic carbocycles. The van der Waals surface area contributed by atoms with E-state index in [-0.39, 0.29) is 11.2 Å². The molecule has 1 unspecified atom stereocenters. The molecular formula is C21H28N2O2S. The minimum absolute atomic E-state index is 0.0776. The second-order valence-corrected chi connectivity index (χ2v) is 7.81. The van der Waals surface area contributed by atoms with Gasteiger partial charge < -0.3 is 15.0 Å². The molecule has 4 nitrogen and oxygen atoms in total. The number of carbonyl (C=O) groups excluding carboxylic acids is 1. The molecule has 2 rings (SSSR count). The van der Waals surface area contributed by atoms with Crippen molar-refractivity contribution in [1.29, 1.82) is 0 Å². The number of amides is 1. The Morgan fingerprint density at radius 3 is 2.35 bits per heavy atom. The molecule has 0 saturated heterocycles. The first-order valence-corrected chi connectivity index (χ1v) is 9.72. The maximum absolute atomic E-state index is 12.2. The number of benzene rings is 2. The van der Waals surface area contributed by atoms with Crippen molar-refractivity contribution in [3.8, 4) is 5.75 Å². The third-order valence-electron chi connectivity index (χ3n) is 4.14. The van der Waals surface area contributed by atoms with E-state index >= 15 is 0 Å². The molecule has 1 atom stereocenters. The highest BCUT2D eigenvalue weighted by atomic mass is 32.2. The van der Waals surface area contributed by atoms with Crippen LogP contribution < -0.4 is 15.0 Å². The summed E-state index contributed by atoms with van der Waals surface area (Å²) in [4.78, 5) is 15.4. The topological polar surface area (TPSA) is 41.6 Å². The lowest BCUT2D eigenvalue weighted by Crippen LogP contribution is -2.31. The predicted octanol–water partition coefficient (Wildman–Crippen LogP) is 3.99. The highest BCUT2D eigenvalue weighted by molar-refractivity contribution is 8.00. The average Bonchev–Trinajstić information content (AvgIpc) is 2.66. The van der Waals surface area contributed by atoms with Crippen LogP contribution in [0.5, 0.6) is 5.75 Å². The van der Waals surface area contributed by atoms with Crippen LogP contribution in [0, 0.1) is 0 Å². The van der Waals surface area contributed by atoms with Crippen LogP contribution >= 0.6 is 11.8 Å². The van der Waals surface area contributed by atoms with Crippen molar-refractivity contribution in [1.82, 2.24) is 5.32 Å². The van der Waals surface area contributed by atoms with E-state index in [1.54, 1.807) is 18.9 Å². The Morgan fingerprint density at radius 1 is 1.12 bits per heavy atom. The summed E-state index contributed by atoms with van der Waals surface area (Å²) in [6.45, 7) is 2.63. The van der Waals surface area contributed by atoms with Gasteiger partial charge in [-0.3, -0.25) is 4.79 Å². The van der Waals surface area contributed by atoms with Crippen LogP contribution in [0.4, 0.5) is 5.69 Å². The molecule has 5 heteroatoms. The third-order valence-corrected chi connectivity index (χ3v) is 5.25. The number of thioether (sulfide) groups is 1. The van der Waals surface area contributed by atoms with Crippen molar-refractivity contribution in [2.75, 3.05) is 32.6 Å². The number of hydrogen-bond acceptors (Lipinski definition) is 4. The lowest BCUT2D eigenvalue weighted by Gasteiger charge is -2.13. The Hall–Kier alpha value is -2.14. The second kappa shape index (κ2) is 10.1. The van der Waals surface area contributed by atoms with E-state index in [9.17, 15) is 4.79 Å². The molecule has 1 amide bonds. The number of anilines is 1. The number of aryl methyl sites for hydroxylation is 1. The summed E-state index contributed by atoms with van der Waals surface area (Å²) >= 11 is 1.56. The molecule has 0 aliphatic heterocycles. The molecule has 0 fully saturated rings. The van der Waals surface area contributed by atoms with Gasteiger partial charge >= 0.3 is 0 Å². The molecule has 0 radical (unpaired) electrons. The normalized spacial score (nSPS) is 11.7. The Labute approximate surface area is 160 Å². The molecular weight excluding hydrogens is 344 g/mol. The molecule has 0 spiro atoms. The SMILES string of the molecule is COc1ccc(SC(C)C(=O)NCCCc2ccc(N(C)C)cc2)cc1. The van der Waals surface area contributed by atoms with E-state index in [1.165, 1.54) is 11.3 Å². The summed E-state index contributed by atoms with van der Waals surface area (Å²) in [5, 5.41) is 2.91. The van der Waals surface area contributed by atoms with Crippen LogP contribution in [0.2, 0.25) is 0 Å². The first-order chi connectivity index (χ1) is 12.5. The molecule has 140 valence electrons. The maximum Gasteiger partial charge on any atom is 0.233 e. The first kappa shape index (κ1) is 20.2. The number of hydrogen-bond donors (Lipinski definition) is 1. The van der Waals surface area contributed by atoms with Crippen molar-refractivity contribution >= 4 is 23.4 Å². The zero-order valence-electron chi connectivity index (χ0n) is 16.0. The lowest BCUT2D eigenvalue weighted by molar-refractivity contribution is -0.120. The quantitative estimate of drug-likeness (QED) is 0.534. The van der Waals surface area contributed by atoms with Crippen LogP contribution in [0.15, 0.2) is 53.4 Å². The summed E-state index contributed by atoms with van der Waals surface area (Å²) in [6, 6.07) is 16.3. The summed E-state index contributed by atoms with van der Waals surface area (Å²) in [6.07, 6.45) is 1.90. The van der Waals surface area contributed by atoms with Crippen molar-refractivity contribution in [3.63, 3.8) is 0 Å². The predicted molar refractivity (Wildman–Crippen MR) is 110 cm³/mol. The molecule has 0 saturated carbocycles. The first-order valence-electron chi connectivity index (χ1n) is 8.84. The fourth-order valence-corrected chi connectivity index (χ4v) is 3.41. The van der Waals surface area contributed by atoms with Crippen LogP contribution in [0.25, 0.3) is 0 Å². The highest BCUT2D eigenvalue weighted by Gasteiger charge is 2.13. The molecule has 0 bridgehead atoms. The van der Waals surface area contributed by atoms with E-state index in [1.807, 2.05) is 45.3 Å². The average molecular weight is 373 g/mol. The van der Waals surface area contributed by atoms with Crippen LogP contribution in [0.3, 0.4) is 0 Å². The van der Waals surface area contributed by atoms with Gasteiger partial charge in [-0.05, 0) is 61.7 Å². The molecule has 0 aromatic heterocycles. The summed E-state index contributed by atoms with van der Waals surface area (Å²) in [5.41, 5.74) is 2.50. The number of rotatable bonds is 9. The lowest BCUT2D eigenvalue weighted by atomic mass is 10.1. The van der Waals surface area contributed by atoms with Gasteiger partial charge in [0, 0.05) is 31.2 Å². The molecule has 2 aromatic carbocycles. The molecule has 2 aromatic rings.